The van der Waals surface area contributed by atoms with Crippen LogP contribution in [0.3, 0.4) is 0 Å². The molecule has 0 rings (SSSR count). The molecule has 0 amide bonds. The second-order valence-corrected chi connectivity index (χ2v) is 7.86. The van der Waals surface area contributed by atoms with E-state index in [0.717, 1.165) is 37.7 Å². The Morgan fingerprint density at radius 1 is 1.14 bits per heavy atom. The van der Waals surface area contributed by atoms with Gasteiger partial charge in [-0.05, 0) is 70.3 Å². The Morgan fingerprint density at radius 2 is 1.86 bits per heavy atom. The van der Waals surface area contributed by atoms with Crippen LogP contribution in [0.4, 0.5) is 0 Å². The minimum atomic E-state index is -0.493. The molecule has 28 heavy (non-hydrogen) atoms. The maximum Gasteiger partial charge on any atom is 0.162 e. The monoisotopic (exact) mass is 382 g/mol. The molecule has 0 heterocycles. The minimum absolute atomic E-state index is 0.0973. The van der Waals surface area contributed by atoms with Crippen molar-refractivity contribution in [2.24, 2.45) is 17.3 Å². The van der Waals surface area contributed by atoms with Crippen LogP contribution in [-0.4, -0.2) is 5.78 Å². The van der Waals surface area contributed by atoms with Crippen LogP contribution in [0.15, 0.2) is 74.4 Å². The van der Waals surface area contributed by atoms with E-state index in [0.29, 0.717) is 12.3 Å². The molecule has 0 bridgehead atoms. The van der Waals surface area contributed by atoms with E-state index < -0.39 is 5.41 Å². The highest BCUT2D eigenvalue weighted by atomic mass is 16.1. The average molecular weight is 383 g/mol. The van der Waals surface area contributed by atoms with E-state index in [1.54, 1.807) is 6.08 Å². The molecule has 0 saturated carbocycles. The van der Waals surface area contributed by atoms with Gasteiger partial charge in [-0.2, -0.15) is 0 Å². The summed E-state index contributed by atoms with van der Waals surface area (Å²) >= 11 is 0. The maximum atomic E-state index is 13.2. The van der Waals surface area contributed by atoms with Gasteiger partial charge in [-0.15, -0.1) is 26.3 Å². The summed E-state index contributed by atoms with van der Waals surface area (Å²) in [4.78, 5) is 13.2. The quantitative estimate of drug-likeness (QED) is 0.141. The number of carbonyl (C=O) groups excluding carboxylic acids is 1. The molecule has 1 nitrogen and oxygen atoms in total. The summed E-state index contributed by atoms with van der Waals surface area (Å²) in [5.74, 6) is 0.605. The summed E-state index contributed by atoms with van der Waals surface area (Å²) in [6.45, 7) is 22.2. The summed E-state index contributed by atoms with van der Waals surface area (Å²) in [7, 11) is 0. The first-order valence-electron chi connectivity index (χ1n) is 10.8. The van der Waals surface area contributed by atoms with Gasteiger partial charge in [0.1, 0.15) is 0 Å². The highest BCUT2D eigenvalue weighted by Gasteiger charge is 2.41. The van der Waals surface area contributed by atoms with Crippen molar-refractivity contribution in [3.8, 4) is 0 Å². The standard InChI is InChI=1S/C27H42O/c1-8-13-14-15-17-24(11-4)18-19-25(12-5)27(21-10-3,22-20-23(6)7)26(28)16-9-2/h9-12,15-17,24-25H,3-6,8,13-14,18-22H2,1-2,7H3/b16-9+,17-15?. The minimum Gasteiger partial charge on any atom is -0.294 e. The lowest BCUT2D eigenvalue weighted by Gasteiger charge is -2.38. The van der Waals surface area contributed by atoms with Crippen LogP contribution in [0.2, 0.25) is 0 Å². The van der Waals surface area contributed by atoms with Crippen molar-refractivity contribution in [1.82, 2.24) is 0 Å². The van der Waals surface area contributed by atoms with Crippen LogP contribution in [0.1, 0.15) is 72.1 Å². The molecule has 0 saturated heterocycles. The SMILES string of the molecule is C=CCC(CCC(=C)C)(C(=O)/C=C/C)C(C=C)CCC(C=C)C=CCCCC. The zero-order chi connectivity index (χ0) is 21.4. The molecule has 0 aliphatic heterocycles. The number of allylic oxidation sites excluding steroid dienone is 8. The Kier molecular flexibility index (Phi) is 14.1. The van der Waals surface area contributed by atoms with Gasteiger partial charge < -0.3 is 0 Å². The van der Waals surface area contributed by atoms with Crippen LogP contribution in [0.25, 0.3) is 0 Å². The van der Waals surface area contributed by atoms with E-state index in [-0.39, 0.29) is 11.7 Å². The Bertz CT molecular complexity index is 563. The van der Waals surface area contributed by atoms with Crippen molar-refractivity contribution >= 4 is 5.78 Å². The molecule has 3 unspecified atom stereocenters. The van der Waals surface area contributed by atoms with E-state index in [1.807, 2.05) is 38.2 Å². The lowest BCUT2D eigenvalue weighted by atomic mass is 9.64. The number of carbonyl (C=O) groups is 1. The Balaban J connectivity index is 5.53. The largest absolute Gasteiger partial charge is 0.294 e. The third-order valence-corrected chi connectivity index (χ3v) is 5.53. The molecule has 0 radical (unpaired) electrons. The third-order valence-electron chi connectivity index (χ3n) is 5.53. The van der Waals surface area contributed by atoms with Crippen molar-refractivity contribution in [1.29, 1.82) is 0 Å². The highest BCUT2D eigenvalue weighted by molar-refractivity contribution is 5.95. The predicted octanol–water partition coefficient (Wildman–Crippen LogP) is 8.18. The number of unbranched alkanes of at least 4 members (excludes halogenated alkanes) is 2. The molecular formula is C27H42O. The summed E-state index contributed by atoms with van der Waals surface area (Å²) in [6.07, 6.45) is 21.6. The zero-order valence-electron chi connectivity index (χ0n) is 18.6. The van der Waals surface area contributed by atoms with Gasteiger partial charge >= 0.3 is 0 Å². The van der Waals surface area contributed by atoms with Gasteiger partial charge in [-0.3, -0.25) is 4.79 Å². The summed E-state index contributed by atoms with van der Waals surface area (Å²) in [6, 6.07) is 0. The van der Waals surface area contributed by atoms with Crippen molar-refractivity contribution in [2.75, 3.05) is 0 Å². The van der Waals surface area contributed by atoms with Gasteiger partial charge in [0, 0.05) is 5.41 Å². The van der Waals surface area contributed by atoms with Crippen LogP contribution in [0.5, 0.6) is 0 Å². The van der Waals surface area contributed by atoms with Crippen LogP contribution in [0, 0.1) is 17.3 Å². The van der Waals surface area contributed by atoms with Crippen LogP contribution in [-0.2, 0) is 4.79 Å². The molecule has 3 atom stereocenters. The van der Waals surface area contributed by atoms with Gasteiger partial charge in [0.05, 0.1) is 0 Å². The molecular weight excluding hydrogens is 340 g/mol. The van der Waals surface area contributed by atoms with Crippen LogP contribution >= 0.6 is 0 Å². The number of rotatable bonds is 17. The molecule has 0 N–H and O–H groups in total. The first-order valence-corrected chi connectivity index (χ1v) is 10.8. The topological polar surface area (TPSA) is 17.1 Å². The number of hydrogen-bond acceptors (Lipinski definition) is 1. The van der Waals surface area contributed by atoms with Crippen molar-refractivity contribution < 1.29 is 4.79 Å². The Morgan fingerprint density at radius 3 is 2.36 bits per heavy atom. The van der Waals surface area contributed by atoms with Gasteiger partial charge in [0.25, 0.3) is 0 Å². The van der Waals surface area contributed by atoms with E-state index in [4.69, 9.17) is 0 Å². The molecule has 0 spiro atoms. The van der Waals surface area contributed by atoms with E-state index in [1.165, 1.54) is 12.8 Å². The average Bonchev–Trinajstić information content (AvgIpc) is 2.67. The van der Waals surface area contributed by atoms with Gasteiger partial charge in [-0.25, -0.2) is 0 Å². The zero-order valence-corrected chi connectivity index (χ0v) is 18.6. The highest BCUT2D eigenvalue weighted by Crippen LogP contribution is 2.43. The normalized spacial score (nSPS) is 15.8. The van der Waals surface area contributed by atoms with Gasteiger partial charge in [0.15, 0.2) is 5.78 Å². The van der Waals surface area contributed by atoms with E-state index in [9.17, 15) is 4.79 Å². The van der Waals surface area contributed by atoms with Crippen molar-refractivity contribution in [3.63, 3.8) is 0 Å². The molecule has 1 heteroatoms. The fourth-order valence-electron chi connectivity index (χ4n) is 3.73. The fraction of sp³-hybridized carbons (Fsp3) is 0.519. The molecule has 0 aromatic heterocycles. The molecule has 156 valence electrons. The summed E-state index contributed by atoms with van der Waals surface area (Å²) < 4.78 is 0. The first-order chi connectivity index (χ1) is 13.4. The number of ketones is 1. The Hall–Kier alpha value is -1.89. The molecule has 0 aromatic carbocycles. The smallest absolute Gasteiger partial charge is 0.162 e. The predicted molar refractivity (Wildman–Crippen MR) is 126 cm³/mol. The first kappa shape index (κ1) is 26.1. The van der Waals surface area contributed by atoms with E-state index >= 15 is 0 Å². The second kappa shape index (κ2) is 15.1. The molecule has 0 aliphatic carbocycles. The van der Waals surface area contributed by atoms with Crippen LogP contribution < -0.4 is 0 Å². The third kappa shape index (κ3) is 8.87. The molecule has 0 aromatic rings. The van der Waals surface area contributed by atoms with Crippen molar-refractivity contribution in [2.45, 2.75) is 72.1 Å². The maximum absolute atomic E-state index is 13.2. The lowest BCUT2D eigenvalue weighted by Crippen LogP contribution is -2.37. The lowest BCUT2D eigenvalue weighted by molar-refractivity contribution is -0.126. The fourth-order valence-corrected chi connectivity index (χ4v) is 3.73. The summed E-state index contributed by atoms with van der Waals surface area (Å²) in [5, 5.41) is 0. The molecule has 0 fully saturated rings. The Labute approximate surface area is 174 Å². The summed E-state index contributed by atoms with van der Waals surface area (Å²) in [5.41, 5.74) is 0.611. The van der Waals surface area contributed by atoms with Gasteiger partial charge in [0.2, 0.25) is 0 Å². The number of hydrogen-bond donors (Lipinski definition) is 0. The van der Waals surface area contributed by atoms with Gasteiger partial charge in [-0.1, -0.05) is 61.8 Å². The van der Waals surface area contributed by atoms with E-state index in [2.05, 4.69) is 45.4 Å². The van der Waals surface area contributed by atoms with Crippen molar-refractivity contribution in [3.05, 3.63) is 74.4 Å². The second-order valence-electron chi connectivity index (χ2n) is 7.86. The molecule has 0 aliphatic rings.